The molecule has 3 unspecified atom stereocenters. The monoisotopic (exact) mass is 525 g/mol. The van der Waals surface area contributed by atoms with Crippen LogP contribution in [0, 0.1) is 11.7 Å². The first-order chi connectivity index (χ1) is 12.9. The van der Waals surface area contributed by atoms with Crippen molar-refractivity contribution in [1.29, 1.82) is 0 Å². The highest BCUT2D eigenvalue weighted by atomic mass is 127. The molecule has 0 radical (unpaired) electrons. The summed E-state index contributed by atoms with van der Waals surface area (Å²) in [5.74, 6) is 1.54. The zero-order chi connectivity index (χ0) is 19.4. The maximum absolute atomic E-state index is 13.7. The molecule has 9 heteroatoms. The fourth-order valence-electron chi connectivity index (χ4n) is 3.39. The van der Waals surface area contributed by atoms with Crippen molar-refractivity contribution in [2.45, 2.75) is 45.2 Å². The molecule has 3 rings (SSSR count). The molecule has 3 atom stereocenters. The smallest absolute Gasteiger partial charge is 0.191 e. The van der Waals surface area contributed by atoms with Gasteiger partial charge in [-0.25, -0.2) is 12.8 Å². The Balaban J connectivity index is 0.00000280. The highest BCUT2D eigenvalue weighted by Crippen LogP contribution is 2.32. The number of hydrogen-bond acceptors (Lipinski definition) is 4. The molecule has 1 aromatic carbocycles. The summed E-state index contributed by atoms with van der Waals surface area (Å²) in [6, 6.07) is 4.66. The Morgan fingerprint density at radius 2 is 2.18 bits per heavy atom. The summed E-state index contributed by atoms with van der Waals surface area (Å²) in [5, 5.41) is 6.75. The number of nitrogens with one attached hydrogen (secondary N) is 2. The van der Waals surface area contributed by atoms with E-state index >= 15 is 0 Å². The number of rotatable bonds is 5. The SMILES string of the molecule is CCC(C)NC(=NCC1CCS(=O)(=O)C1)NC1CCOc2ccc(F)cc21.I. The van der Waals surface area contributed by atoms with Gasteiger partial charge in [0.2, 0.25) is 0 Å². The van der Waals surface area contributed by atoms with Crippen LogP contribution in [-0.2, 0) is 9.84 Å². The molecule has 2 heterocycles. The lowest BCUT2D eigenvalue weighted by atomic mass is 10.0. The number of benzene rings is 1. The van der Waals surface area contributed by atoms with Crippen LogP contribution in [0.25, 0.3) is 0 Å². The summed E-state index contributed by atoms with van der Waals surface area (Å²) in [4.78, 5) is 4.64. The number of ether oxygens (including phenoxy) is 1. The van der Waals surface area contributed by atoms with Crippen LogP contribution < -0.4 is 15.4 Å². The predicted octanol–water partition coefficient (Wildman–Crippen LogP) is 3.04. The molecule has 2 aliphatic rings. The standard InChI is InChI=1S/C19H28FN3O3S.HI/c1-3-13(2)22-19(21-11-14-7-9-27(24,25)12-14)23-17-6-8-26-18-5-4-15(20)10-16(17)18;/h4-5,10,13-14,17H,3,6-9,11-12H2,1-2H3,(H2,21,22,23);1H. The normalized spacial score (nSPS) is 24.5. The lowest BCUT2D eigenvalue weighted by Crippen LogP contribution is -2.45. The van der Waals surface area contributed by atoms with Crippen LogP contribution in [0.3, 0.4) is 0 Å². The number of sulfone groups is 1. The first kappa shape index (κ1) is 23.2. The van der Waals surface area contributed by atoms with Crippen LogP contribution in [0.4, 0.5) is 4.39 Å². The molecule has 1 aromatic rings. The Morgan fingerprint density at radius 1 is 1.39 bits per heavy atom. The van der Waals surface area contributed by atoms with Crippen LogP contribution in [0.1, 0.15) is 44.7 Å². The van der Waals surface area contributed by atoms with Crippen molar-refractivity contribution in [3.63, 3.8) is 0 Å². The zero-order valence-corrected chi connectivity index (χ0v) is 19.4. The molecular formula is C19H29FIN3O3S. The van der Waals surface area contributed by atoms with Gasteiger partial charge in [0.15, 0.2) is 15.8 Å². The van der Waals surface area contributed by atoms with E-state index in [4.69, 9.17) is 4.74 Å². The number of fused-ring (bicyclic) bond motifs is 1. The van der Waals surface area contributed by atoms with E-state index < -0.39 is 9.84 Å². The lowest BCUT2D eigenvalue weighted by Gasteiger charge is -2.29. The third-order valence-corrected chi connectivity index (χ3v) is 6.99. The molecule has 2 N–H and O–H groups in total. The Hall–Kier alpha value is -1.10. The van der Waals surface area contributed by atoms with Gasteiger partial charge in [-0.05, 0) is 43.9 Å². The highest BCUT2D eigenvalue weighted by Gasteiger charge is 2.28. The Morgan fingerprint density at radius 3 is 2.86 bits per heavy atom. The van der Waals surface area contributed by atoms with E-state index in [1.165, 1.54) is 12.1 Å². The molecule has 0 spiro atoms. The number of nitrogens with zero attached hydrogens (tertiary/aromatic N) is 1. The van der Waals surface area contributed by atoms with E-state index in [1.807, 2.05) is 0 Å². The zero-order valence-electron chi connectivity index (χ0n) is 16.3. The average molecular weight is 525 g/mol. The quantitative estimate of drug-likeness (QED) is 0.351. The lowest BCUT2D eigenvalue weighted by molar-refractivity contribution is 0.260. The summed E-state index contributed by atoms with van der Waals surface area (Å²) >= 11 is 0. The number of halogens is 2. The van der Waals surface area contributed by atoms with Gasteiger partial charge in [0.1, 0.15) is 11.6 Å². The Kier molecular flexibility index (Phi) is 8.35. The molecular weight excluding hydrogens is 496 g/mol. The molecule has 1 fully saturated rings. The second-order valence-electron chi connectivity index (χ2n) is 7.43. The molecule has 158 valence electrons. The topological polar surface area (TPSA) is 79.8 Å². The highest BCUT2D eigenvalue weighted by molar-refractivity contribution is 14.0. The minimum absolute atomic E-state index is 0. The van der Waals surface area contributed by atoms with E-state index in [0.717, 1.165) is 12.0 Å². The van der Waals surface area contributed by atoms with Crippen LogP contribution in [-0.4, -0.2) is 45.1 Å². The largest absolute Gasteiger partial charge is 0.493 e. The maximum Gasteiger partial charge on any atom is 0.191 e. The second kappa shape index (κ2) is 10.1. The molecule has 1 saturated heterocycles. The molecule has 0 amide bonds. The van der Waals surface area contributed by atoms with Crippen molar-refractivity contribution in [2.24, 2.45) is 10.9 Å². The molecule has 0 aliphatic carbocycles. The van der Waals surface area contributed by atoms with Gasteiger partial charge in [-0.2, -0.15) is 0 Å². The van der Waals surface area contributed by atoms with Crippen molar-refractivity contribution in [3.8, 4) is 5.75 Å². The fourth-order valence-corrected chi connectivity index (χ4v) is 5.23. The molecule has 0 aromatic heterocycles. The first-order valence-electron chi connectivity index (χ1n) is 9.56. The van der Waals surface area contributed by atoms with Gasteiger partial charge in [-0.3, -0.25) is 4.99 Å². The minimum atomic E-state index is -2.91. The molecule has 0 bridgehead atoms. The Bertz CT molecular complexity index is 804. The Labute approximate surface area is 183 Å². The molecule has 0 saturated carbocycles. The van der Waals surface area contributed by atoms with E-state index in [9.17, 15) is 12.8 Å². The van der Waals surface area contributed by atoms with Gasteiger partial charge < -0.3 is 15.4 Å². The molecule has 2 aliphatic heterocycles. The third-order valence-electron chi connectivity index (χ3n) is 5.15. The van der Waals surface area contributed by atoms with Crippen LogP contribution in [0.15, 0.2) is 23.2 Å². The van der Waals surface area contributed by atoms with Gasteiger partial charge in [-0.1, -0.05) is 6.92 Å². The minimum Gasteiger partial charge on any atom is -0.493 e. The summed E-state index contributed by atoms with van der Waals surface area (Å²) < 4.78 is 42.7. The van der Waals surface area contributed by atoms with Gasteiger partial charge in [0, 0.05) is 24.6 Å². The van der Waals surface area contributed by atoms with E-state index in [-0.39, 0.29) is 59.3 Å². The number of hydrogen-bond donors (Lipinski definition) is 2. The van der Waals surface area contributed by atoms with Crippen LogP contribution in [0.2, 0.25) is 0 Å². The van der Waals surface area contributed by atoms with Crippen molar-refractivity contribution in [1.82, 2.24) is 10.6 Å². The maximum atomic E-state index is 13.7. The third kappa shape index (κ3) is 6.20. The fraction of sp³-hybridized carbons (Fsp3) is 0.632. The summed E-state index contributed by atoms with van der Waals surface area (Å²) in [6.07, 6.45) is 2.29. The molecule has 28 heavy (non-hydrogen) atoms. The van der Waals surface area contributed by atoms with Gasteiger partial charge >= 0.3 is 0 Å². The van der Waals surface area contributed by atoms with Gasteiger partial charge in [0.25, 0.3) is 0 Å². The predicted molar refractivity (Wildman–Crippen MR) is 120 cm³/mol. The first-order valence-corrected chi connectivity index (χ1v) is 11.4. The molecule has 6 nitrogen and oxygen atoms in total. The number of guanidine groups is 1. The second-order valence-corrected chi connectivity index (χ2v) is 9.66. The number of aliphatic imine (C=N–C) groups is 1. The summed E-state index contributed by atoms with van der Waals surface area (Å²) in [7, 11) is -2.91. The van der Waals surface area contributed by atoms with E-state index in [1.54, 1.807) is 6.07 Å². The van der Waals surface area contributed by atoms with Crippen LogP contribution >= 0.6 is 24.0 Å². The van der Waals surface area contributed by atoms with Crippen molar-refractivity contribution in [3.05, 3.63) is 29.6 Å². The van der Waals surface area contributed by atoms with Gasteiger partial charge in [0.05, 0.1) is 24.2 Å². The van der Waals surface area contributed by atoms with Crippen molar-refractivity contribution < 1.29 is 17.5 Å². The van der Waals surface area contributed by atoms with Crippen LogP contribution in [0.5, 0.6) is 5.75 Å². The van der Waals surface area contributed by atoms with E-state index in [0.29, 0.717) is 37.7 Å². The summed E-state index contributed by atoms with van der Waals surface area (Å²) in [5.41, 5.74) is 0.781. The van der Waals surface area contributed by atoms with Gasteiger partial charge in [-0.15, -0.1) is 24.0 Å². The summed E-state index contributed by atoms with van der Waals surface area (Å²) in [6.45, 7) is 5.16. The average Bonchev–Trinajstić information content (AvgIpc) is 2.99. The van der Waals surface area contributed by atoms with Crippen molar-refractivity contribution >= 4 is 39.8 Å². The van der Waals surface area contributed by atoms with Crippen molar-refractivity contribution in [2.75, 3.05) is 24.7 Å². The van der Waals surface area contributed by atoms with E-state index in [2.05, 4.69) is 29.5 Å².